The molecule has 10 nitrogen and oxygen atoms in total. The molecule has 202 valence electrons. The van der Waals surface area contributed by atoms with Gasteiger partial charge in [-0.3, -0.25) is 10.1 Å². The Labute approximate surface area is 225 Å². The highest BCUT2D eigenvalue weighted by atomic mass is 79.9. The molecular formula is C24H37BrN4O6S. The smallest absolute Gasteiger partial charge is 0.257 e. The first-order valence-electron chi connectivity index (χ1n) is 11.9. The van der Waals surface area contributed by atoms with Crippen LogP contribution in [0.3, 0.4) is 0 Å². The lowest BCUT2D eigenvalue weighted by molar-refractivity contribution is -0.00985. The van der Waals surface area contributed by atoms with Gasteiger partial charge in [0.05, 0.1) is 66.1 Å². The van der Waals surface area contributed by atoms with E-state index in [0.29, 0.717) is 89.9 Å². The zero-order chi connectivity index (χ0) is 26.0. The third-order valence-electron chi connectivity index (χ3n) is 4.76. The first-order valence-corrected chi connectivity index (χ1v) is 13.5. The van der Waals surface area contributed by atoms with Crippen molar-refractivity contribution in [3.05, 3.63) is 38.8 Å². The Bertz CT molecular complexity index is 882. The number of hydrogen-bond acceptors (Lipinski definition) is 10. The third kappa shape index (κ3) is 12.5. The minimum atomic E-state index is -0.175. The maximum absolute atomic E-state index is 12.6. The second-order valence-electron chi connectivity index (χ2n) is 7.63. The van der Waals surface area contributed by atoms with Crippen molar-refractivity contribution < 1.29 is 28.5 Å². The molecule has 4 N–H and O–H groups in total. The van der Waals surface area contributed by atoms with E-state index < -0.39 is 0 Å². The molecule has 1 heterocycles. The van der Waals surface area contributed by atoms with Crippen molar-refractivity contribution in [3.8, 4) is 0 Å². The van der Waals surface area contributed by atoms with Gasteiger partial charge in [0.2, 0.25) is 0 Å². The van der Waals surface area contributed by atoms with Gasteiger partial charge in [0.25, 0.3) is 5.91 Å². The lowest BCUT2D eigenvalue weighted by atomic mass is 10.1. The second-order valence-corrected chi connectivity index (χ2v) is 9.58. The fourth-order valence-electron chi connectivity index (χ4n) is 2.96. The van der Waals surface area contributed by atoms with Crippen molar-refractivity contribution in [1.82, 2.24) is 4.98 Å². The molecule has 12 heteroatoms. The van der Waals surface area contributed by atoms with Gasteiger partial charge >= 0.3 is 0 Å². The third-order valence-corrected chi connectivity index (χ3v) is 6.68. The Morgan fingerprint density at radius 3 is 1.97 bits per heavy atom. The summed E-state index contributed by atoms with van der Waals surface area (Å²) in [5.41, 5.74) is 7.75. The average molecular weight is 590 g/mol. The number of ether oxygens (including phenoxy) is 5. The van der Waals surface area contributed by atoms with Crippen LogP contribution in [-0.2, 0) is 23.7 Å². The first-order chi connectivity index (χ1) is 17.5. The van der Waals surface area contributed by atoms with Gasteiger partial charge in [-0.1, -0.05) is 0 Å². The monoisotopic (exact) mass is 588 g/mol. The zero-order valence-electron chi connectivity index (χ0n) is 21.0. The number of amides is 1. The lowest BCUT2D eigenvalue weighted by Gasteiger charge is -2.11. The van der Waals surface area contributed by atoms with Crippen molar-refractivity contribution in [3.63, 3.8) is 0 Å². The summed E-state index contributed by atoms with van der Waals surface area (Å²) in [4.78, 5) is 17.9. The van der Waals surface area contributed by atoms with E-state index in [1.54, 1.807) is 0 Å². The standard InChI is InChI=1S/C24H37BrN4O6S/c1-18-17-20(3-4-21(18)23(30)29-24-28-22(25)19(2)36-24)27-6-8-32-10-12-34-14-16-35-15-13-33-11-9-31-7-5-26/h3-4,17,27H,5-16,26H2,1-2H3,(H,28,29,30). The number of nitrogens with zero attached hydrogens (tertiary/aromatic N) is 1. The summed E-state index contributed by atoms with van der Waals surface area (Å²) in [6.07, 6.45) is 0. The zero-order valence-corrected chi connectivity index (χ0v) is 23.4. The van der Waals surface area contributed by atoms with Crippen molar-refractivity contribution in [2.75, 3.05) is 89.8 Å². The number of benzene rings is 1. The number of rotatable bonds is 20. The number of halogens is 1. The molecule has 36 heavy (non-hydrogen) atoms. The molecule has 0 radical (unpaired) electrons. The fourth-order valence-corrected chi connectivity index (χ4v) is 4.19. The first kappa shape index (κ1) is 30.6. The van der Waals surface area contributed by atoms with E-state index in [-0.39, 0.29) is 5.91 Å². The Morgan fingerprint density at radius 2 is 1.47 bits per heavy atom. The molecule has 0 saturated carbocycles. The molecule has 2 rings (SSSR count). The number of aromatic nitrogens is 1. The SMILES string of the molecule is Cc1cc(NCCOCCOCCOCCOCCOCCN)ccc1C(=O)Nc1nc(Br)c(C)s1. The Hall–Kier alpha value is -1.64. The van der Waals surface area contributed by atoms with Gasteiger partial charge < -0.3 is 34.7 Å². The number of nitrogens with one attached hydrogen (secondary N) is 2. The lowest BCUT2D eigenvalue weighted by Crippen LogP contribution is -2.16. The number of nitrogens with two attached hydrogens (primary N) is 1. The predicted molar refractivity (Wildman–Crippen MR) is 145 cm³/mol. The molecule has 1 amide bonds. The number of carbonyl (C=O) groups is 1. The van der Waals surface area contributed by atoms with Crippen LogP contribution in [0.15, 0.2) is 22.8 Å². The Morgan fingerprint density at radius 1 is 0.917 bits per heavy atom. The summed E-state index contributed by atoms with van der Waals surface area (Å²) in [5.74, 6) is -0.175. The van der Waals surface area contributed by atoms with Gasteiger partial charge in [-0.15, -0.1) is 11.3 Å². The van der Waals surface area contributed by atoms with Crippen LogP contribution in [0.4, 0.5) is 10.8 Å². The molecule has 2 aromatic rings. The topological polar surface area (TPSA) is 126 Å². The molecule has 0 unspecified atom stereocenters. The van der Waals surface area contributed by atoms with Crippen molar-refractivity contribution in [1.29, 1.82) is 0 Å². The van der Waals surface area contributed by atoms with Crippen molar-refractivity contribution >= 4 is 44.0 Å². The van der Waals surface area contributed by atoms with Crippen LogP contribution < -0.4 is 16.4 Å². The number of aryl methyl sites for hydroxylation is 2. The highest BCUT2D eigenvalue weighted by Crippen LogP contribution is 2.26. The Kier molecular flexibility index (Phi) is 15.8. The largest absolute Gasteiger partial charge is 0.383 e. The van der Waals surface area contributed by atoms with Gasteiger partial charge in [0.1, 0.15) is 4.60 Å². The van der Waals surface area contributed by atoms with Gasteiger partial charge in [-0.05, 0) is 53.5 Å². The molecule has 0 aliphatic rings. The van der Waals surface area contributed by atoms with E-state index in [9.17, 15) is 4.79 Å². The number of carbonyl (C=O) groups excluding carboxylic acids is 1. The molecule has 0 aliphatic carbocycles. The molecule has 0 atom stereocenters. The Balaban J connectivity index is 1.46. The van der Waals surface area contributed by atoms with Crippen LogP contribution in [0.25, 0.3) is 0 Å². The maximum Gasteiger partial charge on any atom is 0.257 e. The number of hydrogen-bond donors (Lipinski definition) is 3. The summed E-state index contributed by atoms with van der Waals surface area (Å²) >= 11 is 4.80. The average Bonchev–Trinajstić information content (AvgIpc) is 3.17. The van der Waals surface area contributed by atoms with Crippen LogP contribution in [-0.4, -0.2) is 90.0 Å². The highest BCUT2D eigenvalue weighted by molar-refractivity contribution is 9.10. The number of thiazole rings is 1. The summed E-state index contributed by atoms with van der Waals surface area (Å²) in [7, 11) is 0. The molecule has 0 bridgehead atoms. The summed E-state index contributed by atoms with van der Waals surface area (Å²) in [5, 5.41) is 6.73. The minimum absolute atomic E-state index is 0.175. The van der Waals surface area contributed by atoms with Gasteiger partial charge in [0.15, 0.2) is 5.13 Å². The van der Waals surface area contributed by atoms with Crippen LogP contribution in [0, 0.1) is 13.8 Å². The van der Waals surface area contributed by atoms with E-state index in [0.717, 1.165) is 20.7 Å². The molecule has 0 saturated heterocycles. The molecule has 1 aromatic heterocycles. The maximum atomic E-state index is 12.6. The van der Waals surface area contributed by atoms with Crippen LogP contribution in [0.2, 0.25) is 0 Å². The fraction of sp³-hybridized carbons (Fsp3) is 0.583. The summed E-state index contributed by atoms with van der Waals surface area (Å²) < 4.78 is 27.8. The van der Waals surface area contributed by atoms with Gasteiger partial charge in [-0.2, -0.15) is 0 Å². The van der Waals surface area contributed by atoms with Crippen LogP contribution in [0.5, 0.6) is 0 Å². The minimum Gasteiger partial charge on any atom is -0.383 e. The summed E-state index contributed by atoms with van der Waals surface area (Å²) in [6.45, 7) is 10.3. The quantitative estimate of drug-likeness (QED) is 0.200. The van der Waals surface area contributed by atoms with Crippen molar-refractivity contribution in [2.45, 2.75) is 13.8 Å². The van der Waals surface area contributed by atoms with E-state index in [1.165, 1.54) is 11.3 Å². The van der Waals surface area contributed by atoms with Gasteiger partial charge in [-0.25, -0.2) is 4.98 Å². The van der Waals surface area contributed by atoms with Crippen molar-refractivity contribution in [2.24, 2.45) is 5.73 Å². The number of anilines is 2. The normalized spacial score (nSPS) is 11.1. The van der Waals surface area contributed by atoms with Gasteiger partial charge in [0, 0.05) is 29.2 Å². The molecule has 0 fully saturated rings. The van der Waals surface area contributed by atoms with E-state index in [4.69, 9.17) is 29.4 Å². The molecule has 0 aliphatic heterocycles. The van der Waals surface area contributed by atoms with E-state index in [1.807, 2.05) is 32.0 Å². The molecule has 1 aromatic carbocycles. The van der Waals surface area contributed by atoms with Crippen LogP contribution in [0.1, 0.15) is 20.8 Å². The molecular weight excluding hydrogens is 552 g/mol. The van der Waals surface area contributed by atoms with E-state index in [2.05, 4.69) is 31.5 Å². The highest BCUT2D eigenvalue weighted by Gasteiger charge is 2.13. The predicted octanol–water partition coefficient (Wildman–Crippen LogP) is 3.23. The second kappa shape index (κ2) is 18.6. The van der Waals surface area contributed by atoms with Crippen LogP contribution >= 0.6 is 27.3 Å². The van der Waals surface area contributed by atoms with E-state index >= 15 is 0 Å². The summed E-state index contributed by atoms with van der Waals surface area (Å²) in [6, 6.07) is 5.64. The molecule has 0 spiro atoms.